The Balaban J connectivity index is 1.64. The largest absolute Gasteiger partial charge is 0.463 e. The first kappa shape index (κ1) is 12.1. The van der Waals surface area contributed by atoms with Crippen LogP contribution in [-0.4, -0.2) is 25.3 Å². The SMILES string of the molecule is O=C(CCc1ccccc1)OCC1CCCO1. The molecule has 0 aromatic heterocycles. The van der Waals surface area contributed by atoms with Crippen molar-refractivity contribution in [1.82, 2.24) is 0 Å². The number of benzene rings is 1. The van der Waals surface area contributed by atoms with Crippen molar-refractivity contribution in [3.8, 4) is 0 Å². The zero-order valence-corrected chi connectivity index (χ0v) is 9.93. The number of hydrogen-bond acceptors (Lipinski definition) is 3. The van der Waals surface area contributed by atoms with E-state index < -0.39 is 0 Å². The molecule has 0 radical (unpaired) electrons. The summed E-state index contributed by atoms with van der Waals surface area (Å²) in [6.07, 6.45) is 3.39. The molecule has 3 heteroatoms. The summed E-state index contributed by atoms with van der Waals surface area (Å²) in [5.74, 6) is -0.135. The molecule has 3 nitrogen and oxygen atoms in total. The lowest BCUT2D eigenvalue weighted by atomic mass is 10.1. The minimum absolute atomic E-state index is 0.121. The fourth-order valence-electron chi connectivity index (χ4n) is 1.92. The number of carbonyl (C=O) groups is 1. The van der Waals surface area contributed by atoms with E-state index in [1.165, 1.54) is 5.56 Å². The number of ether oxygens (including phenoxy) is 2. The van der Waals surface area contributed by atoms with E-state index in [0.29, 0.717) is 13.0 Å². The molecule has 0 N–H and O–H groups in total. The highest BCUT2D eigenvalue weighted by atomic mass is 16.6. The van der Waals surface area contributed by atoms with Crippen LogP contribution in [0.5, 0.6) is 0 Å². The smallest absolute Gasteiger partial charge is 0.306 e. The van der Waals surface area contributed by atoms with Gasteiger partial charge < -0.3 is 9.47 Å². The predicted octanol–water partition coefficient (Wildman–Crippen LogP) is 2.34. The Morgan fingerprint density at radius 1 is 1.35 bits per heavy atom. The molecular weight excluding hydrogens is 216 g/mol. The molecule has 1 aliphatic heterocycles. The van der Waals surface area contributed by atoms with E-state index in [9.17, 15) is 4.79 Å². The molecular formula is C14H18O3. The fraction of sp³-hybridized carbons (Fsp3) is 0.500. The summed E-state index contributed by atoms with van der Waals surface area (Å²) < 4.78 is 10.6. The minimum Gasteiger partial charge on any atom is -0.463 e. The zero-order chi connectivity index (χ0) is 11.9. The molecule has 1 aliphatic rings. The molecule has 17 heavy (non-hydrogen) atoms. The molecule has 0 saturated carbocycles. The molecule has 92 valence electrons. The maximum absolute atomic E-state index is 11.5. The summed E-state index contributed by atoms with van der Waals surface area (Å²) in [6, 6.07) is 9.97. The van der Waals surface area contributed by atoms with Crippen LogP contribution in [0.15, 0.2) is 30.3 Å². The Kier molecular flexibility index (Phi) is 4.56. The average Bonchev–Trinajstić information content (AvgIpc) is 2.88. The van der Waals surface area contributed by atoms with Crippen molar-refractivity contribution >= 4 is 5.97 Å². The van der Waals surface area contributed by atoms with Crippen molar-refractivity contribution in [2.45, 2.75) is 31.8 Å². The van der Waals surface area contributed by atoms with Crippen molar-refractivity contribution in [2.24, 2.45) is 0 Å². The van der Waals surface area contributed by atoms with E-state index in [1.54, 1.807) is 0 Å². The summed E-state index contributed by atoms with van der Waals surface area (Å²) in [6.45, 7) is 1.21. The van der Waals surface area contributed by atoms with Crippen LogP contribution in [0.3, 0.4) is 0 Å². The molecule has 1 atom stereocenters. The summed E-state index contributed by atoms with van der Waals surface area (Å²) in [7, 11) is 0. The van der Waals surface area contributed by atoms with Crippen LogP contribution in [0.1, 0.15) is 24.8 Å². The number of rotatable bonds is 5. The Labute approximate surface area is 102 Å². The lowest BCUT2D eigenvalue weighted by Crippen LogP contribution is -2.18. The molecule has 0 bridgehead atoms. The maximum Gasteiger partial charge on any atom is 0.306 e. The van der Waals surface area contributed by atoms with Crippen LogP contribution >= 0.6 is 0 Å². The number of carbonyl (C=O) groups excluding carboxylic acids is 1. The Hall–Kier alpha value is -1.35. The lowest BCUT2D eigenvalue weighted by molar-refractivity contribution is -0.146. The molecule has 0 aliphatic carbocycles. The molecule has 1 fully saturated rings. The second-order valence-corrected chi connectivity index (χ2v) is 4.30. The first-order chi connectivity index (χ1) is 8.34. The molecule has 1 aromatic rings. The van der Waals surface area contributed by atoms with Gasteiger partial charge in [-0.2, -0.15) is 0 Å². The van der Waals surface area contributed by atoms with Gasteiger partial charge in [0.2, 0.25) is 0 Å². The average molecular weight is 234 g/mol. The molecule has 1 saturated heterocycles. The molecule has 1 aromatic carbocycles. The van der Waals surface area contributed by atoms with Crippen molar-refractivity contribution < 1.29 is 14.3 Å². The van der Waals surface area contributed by atoms with Crippen molar-refractivity contribution in [2.75, 3.05) is 13.2 Å². The van der Waals surface area contributed by atoms with Gasteiger partial charge in [0.25, 0.3) is 0 Å². The topological polar surface area (TPSA) is 35.5 Å². The summed E-state index contributed by atoms with van der Waals surface area (Å²) in [5, 5.41) is 0. The van der Waals surface area contributed by atoms with Gasteiger partial charge in [-0.1, -0.05) is 30.3 Å². The van der Waals surface area contributed by atoms with E-state index in [-0.39, 0.29) is 12.1 Å². The van der Waals surface area contributed by atoms with Gasteiger partial charge in [-0.25, -0.2) is 0 Å². The zero-order valence-electron chi connectivity index (χ0n) is 9.93. The minimum atomic E-state index is -0.135. The van der Waals surface area contributed by atoms with E-state index in [4.69, 9.17) is 9.47 Å². The van der Waals surface area contributed by atoms with Crippen LogP contribution in [-0.2, 0) is 20.7 Å². The first-order valence-electron chi connectivity index (χ1n) is 6.16. The van der Waals surface area contributed by atoms with E-state index >= 15 is 0 Å². The quantitative estimate of drug-likeness (QED) is 0.734. The molecule has 2 rings (SSSR count). The van der Waals surface area contributed by atoms with Crippen LogP contribution < -0.4 is 0 Å². The van der Waals surface area contributed by atoms with Gasteiger partial charge in [-0.05, 0) is 24.8 Å². The van der Waals surface area contributed by atoms with Gasteiger partial charge >= 0.3 is 5.97 Å². The van der Waals surface area contributed by atoms with E-state index in [2.05, 4.69) is 0 Å². The van der Waals surface area contributed by atoms with Crippen LogP contribution in [0.4, 0.5) is 0 Å². The van der Waals surface area contributed by atoms with Gasteiger partial charge in [-0.3, -0.25) is 4.79 Å². The van der Waals surface area contributed by atoms with Gasteiger partial charge in [0.05, 0.1) is 6.10 Å². The second-order valence-electron chi connectivity index (χ2n) is 4.30. The Morgan fingerprint density at radius 2 is 2.18 bits per heavy atom. The monoisotopic (exact) mass is 234 g/mol. The van der Waals surface area contributed by atoms with E-state index in [1.807, 2.05) is 30.3 Å². The summed E-state index contributed by atoms with van der Waals surface area (Å²) in [4.78, 5) is 11.5. The third-order valence-corrected chi connectivity index (χ3v) is 2.91. The van der Waals surface area contributed by atoms with Crippen molar-refractivity contribution in [3.05, 3.63) is 35.9 Å². The van der Waals surface area contributed by atoms with Gasteiger partial charge in [0.1, 0.15) is 6.61 Å². The highest BCUT2D eigenvalue weighted by molar-refractivity contribution is 5.69. The highest BCUT2D eigenvalue weighted by Gasteiger charge is 2.17. The van der Waals surface area contributed by atoms with E-state index in [0.717, 1.165) is 25.9 Å². The maximum atomic E-state index is 11.5. The third kappa shape index (κ3) is 4.19. The van der Waals surface area contributed by atoms with Crippen molar-refractivity contribution in [3.63, 3.8) is 0 Å². The normalized spacial score (nSPS) is 19.2. The van der Waals surface area contributed by atoms with Crippen LogP contribution in [0.25, 0.3) is 0 Å². The van der Waals surface area contributed by atoms with Crippen LogP contribution in [0.2, 0.25) is 0 Å². The predicted molar refractivity (Wildman–Crippen MR) is 64.7 cm³/mol. The van der Waals surface area contributed by atoms with Gasteiger partial charge in [0.15, 0.2) is 0 Å². The summed E-state index contributed by atoms with van der Waals surface area (Å²) in [5.41, 5.74) is 1.17. The third-order valence-electron chi connectivity index (χ3n) is 2.91. The number of hydrogen-bond donors (Lipinski definition) is 0. The fourth-order valence-corrected chi connectivity index (χ4v) is 1.92. The van der Waals surface area contributed by atoms with Gasteiger partial charge in [0, 0.05) is 13.0 Å². The Morgan fingerprint density at radius 3 is 2.88 bits per heavy atom. The standard InChI is InChI=1S/C14H18O3/c15-14(17-11-13-7-4-10-16-13)9-8-12-5-2-1-3-6-12/h1-3,5-6,13H,4,7-11H2. The van der Waals surface area contributed by atoms with Gasteiger partial charge in [-0.15, -0.1) is 0 Å². The lowest BCUT2D eigenvalue weighted by Gasteiger charge is -2.10. The highest BCUT2D eigenvalue weighted by Crippen LogP contribution is 2.12. The summed E-state index contributed by atoms with van der Waals surface area (Å²) >= 11 is 0. The molecule has 1 heterocycles. The second kappa shape index (κ2) is 6.40. The molecule has 1 unspecified atom stereocenters. The number of esters is 1. The van der Waals surface area contributed by atoms with Crippen LogP contribution in [0, 0.1) is 0 Å². The number of aryl methyl sites for hydroxylation is 1. The Bertz CT molecular complexity index is 342. The molecule has 0 amide bonds. The first-order valence-corrected chi connectivity index (χ1v) is 6.16. The molecule has 0 spiro atoms. The van der Waals surface area contributed by atoms with Crippen molar-refractivity contribution in [1.29, 1.82) is 0 Å².